The van der Waals surface area contributed by atoms with Crippen LogP contribution in [0.15, 0.2) is 91.0 Å². The van der Waals surface area contributed by atoms with Crippen LogP contribution in [0.3, 0.4) is 0 Å². The van der Waals surface area contributed by atoms with Gasteiger partial charge < -0.3 is 10.6 Å². The van der Waals surface area contributed by atoms with Crippen molar-refractivity contribution in [3.63, 3.8) is 0 Å². The van der Waals surface area contributed by atoms with Crippen molar-refractivity contribution < 1.29 is 0 Å². The van der Waals surface area contributed by atoms with Gasteiger partial charge in [0.2, 0.25) is 5.95 Å². The second-order valence-electron chi connectivity index (χ2n) is 7.69. The van der Waals surface area contributed by atoms with Gasteiger partial charge in [-0.25, -0.2) is 4.98 Å². The third-order valence-corrected chi connectivity index (χ3v) is 5.21. The van der Waals surface area contributed by atoms with E-state index in [-0.39, 0.29) is 0 Å². The molecule has 2 N–H and O–H groups in total. The van der Waals surface area contributed by atoms with Gasteiger partial charge >= 0.3 is 0 Å². The first-order valence-corrected chi connectivity index (χ1v) is 10.8. The van der Waals surface area contributed by atoms with Gasteiger partial charge in [0.15, 0.2) is 0 Å². The summed E-state index contributed by atoms with van der Waals surface area (Å²) >= 11 is 0. The Morgan fingerprint density at radius 3 is 2.13 bits per heavy atom. The summed E-state index contributed by atoms with van der Waals surface area (Å²) in [6, 6.07) is 31.0. The molecule has 156 valence electrons. The van der Waals surface area contributed by atoms with Crippen molar-refractivity contribution in [3.8, 4) is 0 Å². The summed E-state index contributed by atoms with van der Waals surface area (Å²) in [6.07, 6.45) is 4.23. The number of hydrogen-bond donors (Lipinski definition) is 2. The van der Waals surface area contributed by atoms with E-state index in [1.165, 1.54) is 5.56 Å². The zero-order chi connectivity index (χ0) is 21.3. The average Bonchev–Trinajstić information content (AvgIpc) is 2.80. The number of rotatable bonds is 9. The highest BCUT2D eigenvalue weighted by Gasteiger charge is 2.07. The summed E-state index contributed by atoms with van der Waals surface area (Å²) in [4.78, 5) is 9.50. The van der Waals surface area contributed by atoms with Crippen molar-refractivity contribution in [2.24, 2.45) is 0 Å². The molecule has 4 heteroatoms. The van der Waals surface area contributed by atoms with Gasteiger partial charge in [0.1, 0.15) is 5.82 Å². The van der Waals surface area contributed by atoms with E-state index in [2.05, 4.69) is 66.1 Å². The Labute approximate surface area is 184 Å². The SMILES string of the molecule is Cc1ccccc1Nc1nc(CCCCc2ccccc2)cc(Nc2ccccc2)n1. The number of aryl methyl sites for hydroxylation is 3. The van der Waals surface area contributed by atoms with E-state index in [4.69, 9.17) is 9.97 Å². The summed E-state index contributed by atoms with van der Waals surface area (Å²) in [7, 11) is 0. The molecule has 0 atom stereocenters. The third kappa shape index (κ3) is 6.16. The maximum absolute atomic E-state index is 4.79. The molecule has 1 aromatic heterocycles. The molecule has 1 heterocycles. The summed E-state index contributed by atoms with van der Waals surface area (Å²) in [5.74, 6) is 1.42. The fraction of sp³-hybridized carbons (Fsp3) is 0.185. The molecule has 0 saturated carbocycles. The first-order chi connectivity index (χ1) is 15.3. The van der Waals surface area contributed by atoms with Gasteiger partial charge in [-0.3, -0.25) is 0 Å². The van der Waals surface area contributed by atoms with Gasteiger partial charge in [0.05, 0.1) is 0 Å². The molecule has 0 saturated heterocycles. The molecule has 0 aliphatic rings. The summed E-state index contributed by atoms with van der Waals surface area (Å²) in [6.45, 7) is 2.08. The van der Waals surface area contributed by atoms with Crippen molar-refractivity contribution >= 4 is 23.1 Å². The van der Waals surface area contributed by atoms with Crippen LogP contribution in [0.2, 0.25) is 0 Å². The van der Waals surface area contributed by atoms with Crippen molar-refractivity contribution in [1.82, 2.24) is 9.97 Å². The van der Waals surface area contributed by atoms with Gasteiger partial charge in [0, 0.05) is 23.1 Å². The van der Waals surface area contributed by atoms with Gasteiger partial charge in [-0.05, 0) is 61.9 Å². The van der Waals surface area contributed by atoms with Crippen LogP contribution < -0.4 is 10.6 Å². The molecular formula is C27H28N4. The summed E-state index contributed by atoms with van der Waals surface area (Å²) < 4.78 is 0. The number of aromatic nitrogens is 2. The molecule has 0 aliphatic carbocycles. The van der Waals surface area contributed by atoms with Crippen LogP contribution in [0.5, 0.6) is 0 Å². The number of unbranched alkanes of at least 4 members (excludes halogenated alkanes) is 1. The molecule has 0 fully saturated rings. The quantitative estimate of drug-likeness (QED) is 0.298. The second-order valence-corrected chi connectivity index (χ2v) is 7.69. The van der Waals surface area contributed by atoms with E-state index >= 15 is 0 Å². The highest BCUT2D eigenvalue weighted by Crippen LogP contribution is 2.22. The Kier molecular flexibility index (Phi) is 6.91. The van der Waals surface area contributed by atoms with Crippen LogP contribution in [0.25, 0.3) is 0 Å². The van der Waals surface area contributed by atoms with Crippen LogP contribution in [0, 0.1) is 6.92 Å². The number of para-hydroxylation sites is 2. The van der Waals surface area contributed by atoms with E-state index < -0.39 is 0 Å². The van der Waals surface area contributed by atoms with Gasteiger partial charge in [-0.1, -0.05) is 66.7 Å². The van der Waals surface area contributed by atoms with Gasteiger partial charge in [-0.15, -0.1) is 0 Å². The lowest BCUT2D eigenvalue weighted by atomic mass is 10.1. The van der Waals surface area contributed by atoms with E-state index in [0.717, 1.165) is 54.1 Å². The molecule has 31 heavy (non-hydrogen) atoms. The third-order valence-electron chi connectivity index (χ3n) is 5.21. The molecule has 0 amide bonds. The predicted molar refractivity (Wildman–Crippen MR) is 129 cm³/mol. The van der Waals surface area contributed by atoms with Crippen molar-refractivity contribution in [1.29, 1.82) is 0 Å². The fourth-order valence-electron chi connectivity index (χ4n) is 3.53. The van der Waals surface area contributed by atoms with Crippen LogP contribution >= 0.6 is 0 Å². The van der Waals surface area contributed by atoms with Crippen molar-refractivity contribution in [2.75, 3.05) is 10.6 Å². The molecule has 3 aromatic carbocycles. The van der Waals surface area contributed by atoms with Crippen molar-refractivity contribution in [2.45, 2.75) is 32.6 Å². The number of nitrogens with zero attached hydrogens (tertiary/aromatic N) is 2. The highest BCUT2D eigenvalue weighted by molar-refractivity contribution is 5.62. The first-order valence-electron chi connectivity index (χ1n) is 10.8. The number of hydrogen-bond acceptors (Lipinski definition) is 4. The standard InChI is InChI=1S/C27H28N4/c1-21-12-8-11-19-25(21)30-27-29-24(18-10-9-15-22-13-4-2-5-14-22)20-26(31-27)28-23-16-6-3-7-17-23/h2-8,11-14,16-17,19-20H,9-10,15,18H2,1H3,(H2,28,29,30,31). The zero-order valence-corrected chi connectivity index (χ0v) is 17.9. The molecule has 0 spiro atoms. The van der Waals surface area contributed by atoms with Crippen LogP contribution in [-0.2, 0) is 12.8 Å². The van der Waals surface area contributed by atoms with Gasteiger partial charge in [-0.2, -0.15) is 4.98 Å². The number of anilines is 4. The Bertz CT molecular complexity index is 1090. The van der Waals surface area contributed by atoms with E-state index in [1.54, 1.807) is 0 Å². The minimum Gasteiger partial charge on any atom is -0.340 e. The lowest BCUT2D eigenvalue weighted by molar-refractivity contribution is 0.722. The number of nitrogens with one attached hydrogen (secondary N) is 2. The summed E-state index contributed by atoms with van der Waals surface area (Å²) in [5, 5.41) is 6.80. The van der Waals surface area contributed by atoms with Crippen LogP contribution in [-0.4, -0.2) is 9.97 Å². The molecule has 4 rings (SSSR count). The molecular weight excluding hydrogens is 380 g/mol. The molecule has 0 bridgehead atoms. The molecule has 4 aromatic rings. The fourth-order valence-corrected chi connectivity index (χ4v) is 3.53. The van der Waals surface area contributed by atoms with Crippen molar-refractivity contribution in [3.05, 3.63) is 108 Å². The normalized spacial score (nSPS) is 10.6. The van der Waals surface area contributed by atoms with E-state index in [1.807, 2.05) is 42.5 Å². The summed E-state index contributed by atoms with van der Waals surface area (Å²) in [5.41, 5.74) is 5.63. The zero-order valence-electron chi connectivity index (χ0n) is 17.9. The smallest absolute Gasteiger partial charge is 0.229 e. The predicted octanol–water partition coefficient (Wildman–Crippen LogP) is 6.84. The maximum atomic E-state index is 4.79. The lowest BCUT2D eigenvalue weighted by Gasteiger charge is -2.13. The highest BCUT2D eigenvalue weighted by atomic mass is 15.1. The molecule has 4 nitrogen and oxygen atoms in total. The average molecular weight is 409 g/mol. The molecule has 0 unspecified atom stereocenters. The Morgan fingerprint density at radius 2 is 1.35 bits per heavy atom. The first kappa shape index (κ1) is 20.6. The van der Waals surface area contributed by atoms with E-state index in [9.17, 15) is 0 Å². The lowest BCUT2D eigenvalue weighted by Crippen LogP contribution is -2.05. The minimum absolute atomic E-state index is 0.619. The van der Waals surface area contributed by atoms with Crippen LogP contribution in [0.1, 0.15) is 29.7 Å². The van der Waals surface area contributed by atoms with Gasteiger partial charge in [0.25, 0.3) is 0 Å². The largest absolute Gasteiger partial charge is 0.340 e. The molecule has 0 radical (unpaired) electrons. The minimum atomic E-state index is 0.619. The maximum Gasteiger partial charge on any atom is 0.229 e. The number of benzene rings is 3. The van der Waals surface area contributed by atoms with E-state index in [0.29, 0.717) is 5.95 Å². The molecule has 0 aliphatic heterocycles. The van der Waals surface area contributed by atoms with Crippen LogP contribution in [0.4, 0.5) is 23.1 Å². The Balaban J connectivity index is 1.48. The Morgan fingerprint density at radius 1 is 0.677 bits per heavy atom. The monoisotopic (exact) mass is 408 g/mol. The Hall–Kier alpha value is -3.66. The second kappa shape index (κ2) is 10.4. The topological polar surface area (TPSA) is 49.8 Å².